The molecule has 7 heavy (non-hydrogen) atoms. The molecule has 3 heteroatoms. The van der Waals surface area contributed by atoms with Crippen molar-refractivity contribution in [3.05, 3.63) is 0 Å². The highest BCUT2D eigenvalue weighted by atomic mass is 15.2. The smallest absolute Gasteiger partial charge is 0.206 e. The van der Waals surface area contributed by atoms with Crippen LogP contribution in [0.3, 0.4) is 0 Å². The van der Waals surface area contributed by atoms with Crippen LogP contribution in [0.2, 0.25) is 0 Å². The van der Waals surface area contributed by atoms with E-state index < -0.39 is 0 Å². The summed E-state index contributed by atoms with van der Waals surface area (Å²) in [7, 11) is 1.90. The maximum atomic E-state index is 3.60. The van der Waals surface area contributed by atoms with Gasteiger partial charge in [-0.05, 0) is 6.92 Å². The number of quaternary nitrogens is 1. The number of hydrogen-bond acceptors (Lipinski definition) is 2. The van der Waals surface area contributed by atoms with E-state index in [1.165, 1.54) is 0 Å². The molecule has 0 saturated carbocycles. The molecule has 0 amide bonds. The molecule has 0 fully saturated rings. The summed E-state index contributed by atoms with van der Waals surface area (Å²) in [5.41, 5.74) is 0. The van der Waals surface area contributed by atoms with Crippen LogP contribution in [0, 0.1) is 0 Å². The van der Waals surface area contributed by atoms with Gasteiger partial charge in [0.1, 0.15) is 0 Å². The lowest BCUT2D eigenvalue weighted by Crippen LogP contribution is -2.77. The first-order chi connectivity index (χ1) is 3.41. The SMILES string of the molecule is C/C=N\N=C/[NH2+]C. The van der Waals surface area contributed by atoms with Crippen LogP contribution in [0.5, 0.6) is 0 Å². The van der Waals surface area contributed by atoms with E-state index in [1.54, 1.807) is 12.6 Å². The van der Waals surface area contributed by atoms with Gasteiger partial charge >= 0.3 is 0 Å². The second kappa shape index (κ2) is 5.30. The molecule has 0 saturated heterocycles. The third-order valence-electron chi connectivity index (χ3n) is 0.398. The van der Waals surface area contributed by atoms with Crippen molar-refractivity contribution in [1.82, 2.24) is 0 Å². The van der Waals surface area contributed by atoms with Gasteiger partial charge in [0, 0.05) is 6.21 Å². The lowest BCUT2D eigenvalue weighted by molar-refractivity contribution is -0.496. The molecule has 0 aliphatic heterocycles. The molecule has 3 nitrogen and oxygen atoms in total. The fourth-order valence-electron chi connectivity index (χ4n) is 0.172. The van der Waals surface area contributed by atoms with Gasteiger partial charge < -0.3 is 5.32 Å². The summed E-state index contributed by atoms with van der Waals surface area (Å²) in [6.07, 6.45) is 3.28. The van der Waals surface area contributed by atoms with Crippen molar-refractivity contribution in [3.63, 3.8) is 0 Å². The maximum absolute atomic E-state index is 3.60. The summed E-state index contributed by atoms with van der Waals surface area (Å²) in [4.78, 5) is 0. The van der Waals surface area contributed by atoms with Crippen LogP contribution in [-0.4, -0.2) is 19.6 Å². The standard InChI is InChI=1S/C4H9N3/c1-3-6-7-4-5-2/h3-4H,1-2H3,(H,5,7)/p+1/b6-3-. The molecule has 0 aromatic carbocycles. The Morgan fingerprint density at radius 1 is 1.43 bits per heavy atom. The van der Waals surface area contributed by atoms with Crippen molar-refractivity contribution in [2.45, 2.75) is 6.92 Å². The Morgan fingerprint density at radius 2 is 2.14 bits per heavy atom. The monoisotopic (exact) mass is 100 g/mol. The highest BCUT2D eigenvalue weighted by Crippen LogP contribution is 1.57. The van der Waals surface area contributed by atoms with Crippen molar-refractivity contribution in [2.75, 3.05) is 7.05 Å². The van der Waals surface area contributed by atoms with Crippen molar-refractivity contribution >= 4 is 12.6 Å². The van der Waals surface area contributed by atoms with Gasteiger partial charge in [0.15, 0.2) is 0 Å². The summed E-state index contributed by atoms with van der Waals surface area (Å²) in [6, 6.07) is 0. The van der Waals surface area contributed by atoms with E-state index in [0.29, 0.717) is 0 Å². The van der Waals surface area contributed by atoms with Gasteiger partial charge in [0.05, 0.1) is 7.05 Å². The Labute approximate surface area is 43.1 Å². The molecular formula is C4H10N3+. The highest BCUT2D eigenvalue weighted by molar-refractivity contribution is 5.54. The molecular weight excluding hydrogens is 90.1 g/mol. The van der Waals surface area contributed by atoms with E-state index in [-0.39, 0.29) is 0 Å². The molecule has 40 valence electrons. The molecule has 0 unspecified atom stereocenters. The quantitative estimate of drug-likeness (QED) is 0.268. The minimum Gasteiger partial charge on any atom is -0.305 e. The molecule has 0 heterocycles. The minimum atomic E-state index is 1.64. The van der Waals surface area contributed by atoms with Crippen LogP contribution < -0.4 is 5.32 Å². The molecule has 0 aromatic heterocycles. The zero-order valence-electron chi connectivity index (χ0n) is 4.63. The summed E-state index contributed by atoms with van der Waals surface area (Å²) in [5.74, 6) is 0. The van der Waals surface area contributed by atoms with Gasteiger partial charge in [-0.1, -0.05) is 0 Å². The Kier molecular flexibility index (Phi) is 4.77. The average molecular weight is 100 g/mol. The van der Waals surface area contributed by atoms with E-state index in [1.807, 2.05) is 19.3 Å². The third kappa shape index (κ3) is 5.30. The summed E-state index contributed by atoms with van der Waals surface area (Å²) < 4.78 is 0. The van der Waals surface area contributed by atoms with Crippen LogP contribution in [0.15, 0.2) is 10.2 Å². The molecule has 0 aliphatic rings. The lowest BCUT2D eigenvalue weighted by atomic mass is 10.9. The van der Waals surface area contributed by atoms with Crippen molar-refractivity contribution in [2.24, 2.45) is 10.2 Å². The zero-order valence-corrected chi connectivity index (χ0v) is 4.63. The molecule has 0 aromatic rings. The Balaban J connectivity index is 3.09. The van der Waals surface area contributed by atoms with Crippen molar-refractivity contribution in [1.29, 1.82) is 0 Å². The molecule has 0 aliphatic carbocycles. The first kappa shape index (κ1) is 6.30. The second-order valence-electron chi connectivity index (χ2n) is 0.972. The van der Waals surface area contributed by atoms with Gasteiger partial charge in [-0.2, -0.15) is 5.10 Å². The Bertz CT molecular complexity index is 75.0. The van der Waals surface area contributed by atoms with Gasteiger partial charge in [0.25, 0.3) is 0 Å². The topological polar surface area (TPSA) is 41.3 Å². The van der Waals surface area contributed by atoms with Gasteiger partial charge in [-0.15, -0.1) is 5.10 Å². The number of hydrogen-bond donors (Lipinski definition) is 1. The molecule has 2 N–H and O–H groups in total. The number of nitrogens with zero attached hydrogens (tertiary/aromatic N) is 2. The predicted molar refractivity (Wildman–Crippen MR) is 30.5 cm³/mol. The van der Waals surface area contributed by atoms with Crippen LogP contribution in [0.25, 0.3) is 0 Å². The van der Waals surface area contributed by atoms with Crippen LogP contribution in [0.1, 0.15) is 6.92 Å². The van der Waals surface area contributed by atoms with E-state index in [4.69, 9.17) is 0 Å². The molecule has 0 radical (unpaired) electrons. The van der Waals surface area contributed by atoms with Gasteiger partial charge in [-0.25, -0.2) is 0 Å². The number of nitrogens with two attached hydrogens (primary N) is 1. The fraction of sp³-hybridized carbons (Fsp3) is 0.500. The number of rotatable bonds is 2. The molecule has 0 spiro atoms. The molecule has 0 atom stereocenters. The van der Waals surface area contributed by atoms with E-state index in [0.717, 1.165) is 0 Å². The third-order valence-corrected chi connectivity index (χ3v) is 0.398. The van der Waals surface area contributed by atoms with E-state index >= 15 is 0 Å². The first-order valence-corrected chi connectivity index (χ1v) is 2.20. The predicted octanol–water partition coefficient (Wildman–Crippen LogP) is -0.786. The molecule has 0 bridgehead atoms. The fourth-order valence-corrected chi connectivity index (χ4v) is 0.172. The Morgan fingerprint density at radius 3 is 2.57 bits per heavy atom. The van der Waals surface area contributed by atoms with Crippen LogP contribution in [0.4, 0.5) is 0 Å². The largest absolute Gasteiger partial charge is 0.305 e. The Hall–Kier alpha value is -0.700. The maximum Gasteiger partial charge on any atom is 0.206 e. The van der Waals surface area contributed by atoms with Gasteiger partial charge in [0.2, 0.25) is 6.34 Å². The van der Waals surface area contributed by atoms with Gasteiger partial charge in [-0.3, -0.25) is 0 Å². The zero-order chi connectivity index (χ0) is 5.54. The lowest BCUT2D eigenvalue weighted by Gasteiger charge is -1.70. The summed E-state index contributed by atoms with van der Waals surface area (Å²) in [6.45, 7) is 1.83. The molecule has 0 rings (SSSR count). The highest BCUT2D eigenvalue weighted by Gasteiger charge is 1.59. The van der Waals surface area contributed by atoms with Crippen LogP contribution in [-0.2, 0) is 0 Å². The van der Waals surface area contributed by atoms with E-state index in [2.05, 4.69) is 10.2 Å². The van der Waals surface area contributed by atoms with E-state index in [9.17, 15) is 0 Å². The van der Waals surface area contributed by atoms with Crippen molar-refractivity contribution < 1.29 is 5.32 Å². The first-order valence-electron chi connectivity index (χ1n) is 2.20. The summed E-state index contributed by atoms with van der Waals surface area (Å²) >= 11 is 0. The average Bonchev–Trinajstić information content (AvgIpc) is 1.69. The summed E-state index contributed by atoms with van der Waals surface area (Å²) in [5, 5.41) is 9.00. The van der Waals surface area contributed by atoms with Crippen LogP contribution >= 0.6 is 0 Å². The van der Waals surface area contributed by atoms with Crippen molar-refractivity contribution in [3.8, 4) is 0 Å². The second-order valence-corrected chi connectivity index (χ2v) is 0.972. The minimum absolute atomic E-state index is 1.64. The normalized spacial score (nSPS) is 11.7.